The minimum atomic E-state index is -1.53. The van der Waals surface area contributed by atoms with Gasteiger partial charge < -0.3 is 39.4 Å². The number of aliphatic hydroxyl groups is 4. The van der Waals surface area contributed by atoms with Gasteiger partial charge in [0.15, 0.2) is 6.29 Å². The van der Waals surface area contributed by atoms with E-state index in [0.29, 0.717) is 13.0 Å². The van der Waals surface area contributed by atoms with Crippen LogP contribution in [0.5, 0.6) is 0 Å². The number of esters is 1. The zero-order valence-corrected chi connectivity index (χ0v) is 33.1. The molecule has 0 aromatic rings. The van der Waals surface area contributed by atoms with E-state index in [4.69, 9.17) is 18.9 Å². The number of ether oxygens (including phenoxy) is 4. The van der Waals surface area contributed by atoms with Crippen LogP contribution in [0.25, 0.3) is 0 Å². The highest BCUT2D eigenvalue weighted by Gasteiger charge is 2.44. The first-order valence-electron chi connectivity index (χ1n) is 21.6. The first-order valence-corrected chi connectivity index (χ1v) is 21.6. The highest BCUT2D eigenvalue weighted by molar-refractivity contribution is 5.69. The van der Waals surface area contributed by atoms with Crippen LogP contribution in [0.3, 0.4) is 0 Å². The van der Waals surface area contributed by atoms with Gasteiger partial charge in [0.25, 0.3) is 0 Å². The van der Waals surface area contributed by atoms with Gasteiger partial charge in [0.05, 0.1) is 19.8 Å². The molecule has 1 aliphatic rings. The van der Waals surface area contributed by atoms with E-state index in [0.717, 1.165) is 32.1 Å². The fraction of sp³-hybridized carbons (Fsp3) is 0.976. The third kappa shape index (κ3) is 26.6. The standard InChI is InChI=1S/C42H82O9/c1-3-5-7-9-11-12-13-14-15-16-17-18-19-20-21-22-23-24-25-26-27-29-31-38(44)50-36(34-48-32-30-28-10-8-6-4-2)35-49-42-41(47)40(46)39(45)37(33-43)51-42/h36-37,39-43,45-47H,3-35H2,1-2H3. The van der Waals surface area contributed by atoms with Crippen molar-refractivity contribution >= 4 is 5.97 Å². The SMILES string of the molecule is CCCCCCCCCCCCCCCCCCCCCCCCC(=O)OC(COCCCCCCCC)COC1OC(CO)C(O)C(O)C1O. The summed E-state index contributed by atoms with van der Waals surface area (Å²) in [5.41, 5.74) is 0. The summed E-state index contributed by atoms with van der Waals surface area (Å²) in [4.78, 5) is 12.7. The van der Waals surface area contributed by atoms with E-state index in [-0.39, 0.29) is 19.2 Å². The highest BCUT2D eigenvalue weighted by atomic mass is 16.7. The summed E-state index contributed by atoms with van der Waals surface area (Å²) < 4.78 is 22.6. The number of hydrogen-bond donors (Lipinski definition) is 4. The molecule has 0 bridgehead atoms. The van der Waals surface area contributed by atoms with Crippen molar-refractivity contribution in [3.05, 3.63) is 0 Å². The molecule has 0 spiro atoms. The summed E-state index contributed by atoms with van der Waals surface area (Å²) in [6.45, 7) is 4.54. The molecule has 304 valence electrons. The van der Waals surface area contributed by atoms with Gasteiger partial charge in [-0.3, -0.25) is 4.79 Å². The molecule has 1 fully saturated rings. The molecule has 1 saturated heterocycles. The molecular weight excluding hydrogens is 648 g/mol. The van der Waals surface area contributed by atoms with E-state index < -0.39 is 43.4 Å². The maximum atomic E-state index is 12.7. The van der Waals surface area contributed by atoms with Gasteiger partial charge in [-0.2, -0.15) is 0 Å². The Bertz CT molecular complexity index is 752. The zero-order chi connectivity index (χ0) is 37.2. The van der Waals surface area contributed by atoms with Crippen molar-refractivity contribution in [2.45, 2.75) is 237 Å². The van der Waals surface area contributed by atoms with Crippen LogP contribution in [0, 0.1) is 0 Å². The number of unbranched alkanes of at least 4 members (excludes halogenated alkanes) is 26. The van der Waals surface area contributed by atoms with Crippen molar-refractivity contribution in [3.8, 4) is 0 Å². The average molecular weight is 731 g/mol. The van der Waals surface area contributed by atoms with Crippen LogP contribution in [0.1, 0.15) is 200 Å². The van der Waals surface area contributed by atoms with Gasteiger partial charge in [0, 0.05) is 13.0 Å². The molecule has 1 rings (SSSR count). The Morgan fingerprint density at radius 1 is 0.549 bits per heavy atom. The fourth-order valence-corrected chi connectivity index (χ4v) is 6.85. The predicted octanol–water partition coefficient (Wildman–Crippen LogP) is 9.08. The van der Waals surface area contributed by atoms with Gasteiger partial charge in [-0.25, -0.2) is 0 Å². The van der Waals surface area contributed by atoms with Crippen molar-refractivity contribution in [2.24, 2.45) is 0 Å². The molecule has 0 saturated carbocycles. The molecule has 0 aromatic carbocycles. The first-order chi connectivity index (χ1) is 24.9. The lowest BCUT2D eigenvalue weighted by Gasteiger charge is -2.39. The van der Waals surface area contributed by atoms with E-state index in [1.807, 2.05) is 0 Å². The molecule has 0 amide bonds. The fourth-order valence-electron chi connectivity index (χ4n) is 6.85. The lowest BCUT2D eigenvalue weighted by atomic mass is 9.99. The van der Waals surface area contributed by atoms with Crippen molar-refractivity contribution in [2.75, 3.05) is 26.4 Å². The zero-order valence-electron chi connectivity index (χ0n) is 33.1. The monoisotopic (exact) mass is 731 g/mol. The summed E-state index contributed by atoms with van der Waals surface area (Å²) in [7, 11) is 0. The van der Waals surface area contributed by atoms with Crippen LogP contribution in [-0.2, 0) is 23.7 Å². The molecule has 6 atom stereocenters. The summed E-state index contributed by atoms with van der Waals surface area (Å²) in [5.74, 6) is -0.311. The Morgan fingerprint density at radius 2 is 0.961 bits per heavy atom. The van der Waals surface area contributed by atoms with Crippen LogP contribution in [-0.4, -0.2) is 89.6 Å². The second-order valence-corrected chi connectivity index (χ2v) is 15.2. The third-order valence-electron chi connectivity index (χ3n) is 10.3. The summed E-state index contributed by atoms with van der Waals surface area (Å²) in [6, 6.07) is 0. The van der Waals surface area contributed by atoms with Gasteiger partial charge in [0.1, 0.15) is 30.5 Å². The quantitative estimate of drug-likeness (QED) is 0.0365. The van der Waals surface area contributed by atoms with Crippen molar-refractivity contribution in [1.82, 2.24) is 0 Å². The Kier molecular flexibility index (Phi) is 33.0. The molecule has 1 aliphatic heterocycles. The number of rotatable bonds is 37. The van der Waals surface area contributed by atoms with Crippen molar-refractivity contribution in [1.29, 1.82) is 0 Å². The minimum absolute atomic E-state index is 0.107. The van der Waals surface area contributed by atoms with Crippen LogP contribution in [0.2, 0.25) is 0 Å². The maximum absolute atomic E-state index is 12.7. The topological polar surface area (TPSA) is 135 Å². The number of hydrogen-bond acceptors (Lipinski definition) is 9. The van der Waals surface area contributed by atoms with Gasteiger partial charge in [-0.05, 0) is 12.8 Å². The molecule has 0 aromatic heterocycles. The highest BCUT2D eigenvalue weighted by Crippen LogP contribution is 2.23. The smallest absolute Gasteiger partial charge is 0.306 e. The molecule has 9 heteroatoms. The lowest BCUT2D eigenvalue weighted by Crippen LogP contribution is -2.59. The van der Waals surface area contributed by atoms with E-state index in [9.17, 15) is 25.2 Å². The van der Waals surface area contributed by atoms with Gasteiger partial charge >= 0.3 is 5.97 Å². The Labute approximate surface area is 312 Å². The van der Waals surface area contributed by atoms with E-state index in [1.54, 1.807) is 0 Å². The number of carbonyl (C=O) groups is 1. The summed E-state index contributed by atoms with van der Waals surface area (Å²) in [6.07, 6.45) is 28.8. The van der Waals surface area contributed by atoms with Crippen LogP contribution >= 0.6 is 0 Å². The molecule has 1 heterocycles. The first kappa shape index (κ1) is 48.2. The second kappa shape index (κ2) is 34.9. The molecule has 51 heavy (non-hydrogen) atoms. The molecule has 0 radical (unpaired) electrons. The van der Waals surface area contributed by atoms with Crippen LogP contribution < -0.4 is 0 Å². The number of aliphatic hydroxyl groups excluding tert-OH is 4. The second-order valence-electron chi connectivity index (χ2n) is 15.2. The average Bonchev–Trinajstić information content (AvgIpc) is 3.13. The largest absolute Gasteiger partial charge is 0.457 e. The summed E-state index contributed by atoms with van der Waals surface area (Å²) in [5, 5.41) is 39.9. The van der Waals surface area contributed by atoms with Crippen molar-refractivity contribution in [3.63, 3.8) is 0 Å². The summed E-state index contributed by atoms with van der Waals surface area (Å²) >= 11 is 0. The maximum Gasteiger partial charge on any atom is 0.306 e. The van der Waals surface area contributed by atoms with Crippen molar-refractivity contribution < 1.29 is 44.2 Å². The molecule has 0 aliphatic carbocycles. The minimum Gasteiger partial charge on any atom is -0.457 e. The molecule has 6 unspecified atom stereocenters. The molecular formula is C42H82O9. The van der Waals surface area contributed by atoms with E-state index >= 15 is 0 Å². The predicted molar refractivity (Wildman–Crippen MR) is 206 cm³/mol. The lowest BCUT2D eigenvalue weighted by molar-refractivity contribution is -0.305. The third-order valence-corrected chi connectivity index (χ3v) is 10.3. The van der Waals surface area contributed by atoms with Crippen LogP contribution in [0.15, 0.2) is 0 Å². The Hall–Kier alpha value is -0.810. The van der Waals surface area contributed by atoms with E-state index in [1.165, 1.54) is 148 Å². The number of carbonyl (C=O) groups excluding carboxylic acids is 1. The molecule has 4 N–H and O–H groups in total. The van der Waals surface area contributed by atoms with E-state index in [2.05, 4.69) is 13.8 Å². The van der Waals surface area contributed by atoms with Gasteiger partial charge in [0.2, 0.25) is 0 Å². The Balaban J connectivity index is 2.12. The molecule has 9 nitrogen and oxygen atoms in total. The van der Waals surface area contributed by atoms with Gasteiger partial charge in [-0.15, -0.1) is 0 Å². The Morgan fingerprint density at radius 3 is 1.39 bits per heavy atom. The normalized spacial score (nSPS) is 21.3. The van der Waals surface area contributed by atoms with Gasteiger partial charge in [-0.1, -0.05) is 181 Å². The van der Waals surface area contributed by atoms with Crippen LogP contribution in [0.4, 0.5) is 0 Å².